The van der Waals surface area contributed by atoms with Crippen LogP contribution in [0.5, 0.6) is 0 Å². The molecule has 0 aliphatic heterocycles. The molecule has 0 aromatic carbocycles. The Morgan fingerprint density at radius 1 is 1.47 bits per heavy atom. The normalized spacial score (nSPS) is 12.6. The van der Waals surface area contributed by atoms with E-state index < -0.39 is 0 Å². The number of halogens is 1. The van der Waals surface area contributed by atoms with Gasteiger partial charge < -0.3 is 5.32 Å². The largest absolute Gasteiger partial charge is 0.313 e. The minimum atomic E-state index is 0.107. The molecule has 0 saturated heterocycles. The maximum Gasteiger partial charge on any atom is 0.138 e. The summed E-state index contributed by atoms with van der Waals surface area (Å²) in [6.07, 6.45) is 6.81. The van der Waals surface area contributed by atoms with Gasteiger partial charge in [-0.05, 0) is 25.1 Å². The molecule has 0 bridgehead atoms. The van der Waals surface area contributed by atoms with Crippen molar-refractivity contribution in [2.24, 2.45) is 0 Å². The summed E-state index contributed by atoms with van der Waals surface area (Å²) in [4.78, 5) is 8.34. The summed E-state index contributed by atoms with van der Waals surface area (Å²) in [6, 6.07) is 2.04. The number of rotatable bonds is 6. The molecule has 2 heterocycles. The second-order valence-corrected chi connectivity index (χ2v) is 4.75. The fraction of sp³-hybridized carbons (Fsp3) is 0.462. The van der Waals surface area contributed by atoms with Gasteiger partial charge in [-0.2, -0.15) is 5.10 Å². The highest BCUT2D eigenvalue weighted by molar-refractivity contribution is 6.31. The van der Waals surface area contributed by atoms with Gasteiger partial charge in [0.1, 0.15) is 12.2 Å². The quantitative estimate of drug-likeness (QED) is 0.881. The van der Waals surface area contributed by atoms with Crippen molar-refractivity contribution in [3.8, 4) is 0 Å². The molecule has 6 heteroatoms. The van der Waals surface area contributed by atoms with E-state index in [9.17, 15) is 0 Å². The lowest BCUT2D eigenvalue weighted by Crippen LogP contribution is -2.21. The van der Waals surface area contributed by atoms with Crippen LogP contribution in [0.2, 0.25) is 5.02 Å². The third kappa shape index (κ3) is 3.30. The average Bonchev–Trinajstić information content (AvgIpc) is 2.85. The lowest BCUT2D eigenvalue weighted by molar-refractivity contribution is 0.517. The number of aromatic nitrogens is 4. The highest BCUT2D eigenvalue weighted by atomic mass is 35.5. The zero-order valence-corrected chi connectivity index (χ0v) is 11.9. The van der Waals surface area contributed by atoms with Crippen LogP contribution < -0.4 is 5.32 Å². The van der Waals surface area contributed by atoms with Crippen molar-refractivity contribution >= 4 is 11.6 Å². The van der Waals surface area contributed by atoms with Crippen molar-refractivity contribution in [2.75, 3.05) is 7.05 Å². The van der Waals surface area contributed by atoms with Crippen LogP contribution in [0.15, 0.2) is 24.8 Å². The predicted molar refractivity (Wildman–Crippen MR) is 75.1 cm³/mol. The summed E-state index contributed by atoms with van der Waals surface area (Å²) < 4.78 is 1.94. The third-order valence-electron chi connectivity index (χ3n) is 3.05. The summed E-state index contributed by atoms with van der Waals surface area (Å²) in [5.41, 5.74) is 1.03. The van der Waals surface area contributed by atoms with Gasteiger partial charge in [-0.15, -0.1) is 0 Å². The zero-order valence-electron chi connectivity index (χ0n) is 11.2. The first kappa shape index (κ1) is 14.0. The van der Waals surface area contributed by atoms with E-state index in [1.54, 1.807) is 18.7 Å². The molecular weight excluding hydrogens is 262 g/mol. The average molecular weight is 280 g/mol. The third-order valence-corrected chi connectivity index (χ3v) is 3.36. The number of nitrogens with zero attached hydrogens (tertiary/aromatic N) is 4. The standard InChI is InChI=1S/C13H18ClN5/c1-3-6-19-13(17-9-18-19)7-12(15-2)10-4-5-16-8-11(10)14/h4-5,8-9,12,15H,3,6-7H2,1-2H3. The fourth-order valence-electron chi connectivity index (χ4n) is 2.06. The summed E-state index contributed by atoms with van der Waals surface area (Å²) in [7, 11) is 1.92. The van der Waals surface area contributed by atoms with Crippen LogP contribution in [0, 0.1) is 0 Å². The predicted octanol–water partition coefficient (Wildman–Crippen LogP) is 2.24. The molecule has 2 rings (SSSR count). The first-order chi connectivity index (χ1) is 9.26. The van der Waals surface area contributed by atoms with Gasteiger partial charge in [-0.3, -0.25) is 9.67 Å². The van der Waals surface area contributed by atoms with Crippen LogP contribution in [-0.4, -0.2) is 26.8 Å². The second-order valence-electron chi connectivity index (χ2n) is 4.34. The van der Waals surface area contributed by atoms with Gasteiger partial charge in [0.25, 0.3) is 0 Å². The van der Waals surface area contributed by atoms with Gasteiger partial charge in [0.15, 0.2) is 0 Å². The topological polar surface area (TPSA) is 55.6 Å². The molecule has 0 amide bonds. The lowest BCUT2D eigenvalue weighted by Gasteiger charge is -2.17. The maximum atomic E-state index is 6.19. The van der Waals surface area contributed by atoms with Gasteiger partial charge in [0.2, 0.25) is 0 Å². The molecule has 2 aromatic rings. The van der Waals surface area contributed by atoms with Gasteiger partial charge >= 0.3 is 0 Å². The van der Waals surface area contributed by atoms with Gasteiger partial charge in [0, 0.05) is 31.4 Å². The molecular formula is C13H18ClN5. The molecule has 0 spiro atoms. The van der Waals surface area contributed by atoms with Crippen molar-refractivity contribution in [3.63, 3.8) is 0 Å². The number of nitrogens with one attached hydrogen (secondary N) is 1. The molecule has 0 aliphatic carbocycles. The van der Waals surface area contributed by atoms with Crippen molar-refractivity contribution in [2.45, 2.75) is 32.4 Å². The molecule has 1 atom stereocenters. The fourth-order valence-corrected chi connectivity index (χ4v) is 2.31. The van der Waals surface area contributed by atoms with E-state index in [0.29, 0.717) is 5.02 Å². The molecule has 1 unspecified atom stereocenters. The molecule has 1 N–H and O–H groups in total. The Morgan fingerprint density at radius 3 is 3.00 bits per heavy atom. The number of pyridine rings is 1. The second kappa shape index (κ2) is 6.63. The Hall–Kier alpha value is -1.46. The summed E-state index contributed by atoms with van der Waals surface area (Å²) in [5.74, 6) is 0.967. The Morgan fingerprint density at radius 2 is 2.32 bits per heavy atom. The van der Waals surface area contributed by atoms with Crippen LogP contribution in [0.25, 0.3) is 0 Å². The molecule has 102 valence electrons. The summed E-state index contributed by atoms with van der Waals surface area (Å²) in [5, 5.41) is 8.19. The Bertz CT molecular complexity index is 525. The first-order valence-corrected chi connectivity index (χ1v) is 6.77. The molecule has 19 heavy (non-hydrogen) atoms. The van der Waals surface area contributed by atoms with E-state index in [0.717, 1.165) is 30.8 Å². The number of likely N-dealkylation sites (N-methyl/N-ethyl adjacent to an activating group) is 1. The van der Waals surface area contributed by atoms with Crippen LogP contribution in [0.3, 0.4) is 0 Å². The first-order valence-electron chi connectivity index (χ1n) is 6.39. The molecule has 5 nitrogen and oxygen atoms in total. The van der Waals surface area contributed by atoms with Crippen LogP contribution >= 0.6 is 11.6 Å². The summed E-state index contributed by atoms with van der Waals surface area (Å²) in [6.45, 7) is 3.01. The van der Waals surface area contributed by atoms with Crippen molar-refractivity contribution < 1.29 is 0 Å². The number of hydrogen-bond acceptors (Lipinski definition) is 4. The molecule has 0 radical (unpaired) electrons. The lowest BCUT2D eigenvalue weighted by atomic mass is 10.1. The van der Waals surface area contributed by atoms with E-state index >= 15 is 0 Å². The zero-order chi connectivity index (χ0) is 13.7. The Kier molecular flexibility index (Phi) is 4.87. The van der Waals surface area contributed by atoms with Crippen LogP contribution in [-0.2, 0) is 13.0 Å². The minimum absolute atomic E-state index is 0.107. The van der Waals surface area contributed by atoms with Gasteiger partial charge in [0.05, 0.1) is 5.02 Å². The smallest absolute Gasteiger partial charge is 0.138 e. The van der Waals surface area contributed by atoms with Crippen LogP contribution in [0.4, 0.5) is 0 Å². The van der Waals surface area contributed by atoms with Crippen molar-refractivity contribution in [1.82, 2.24) is 25.1 Å². The highest BCUT2D eigenvalue weighted by Gasteiger charge is 2.16. The number of hydrogen-bond donors (Lipinski definition) is 1. The summed E-state index contributed by atoms with van der Waals surface area (Å²) >= 11 is 6.19. The van der Waals surface area contributed by atoms with Crippen molar-refractivity contribution in [1.29, 1.82) is 0 Å². The van der Waals surface area contributed by atoms with E-state index in [4.69, 9.17) is 11.6 Å². The Labute approximate surface area is 118 Å². The van der Waals surface area contributed by atoms with E-state index in [-0.39, 0.29) is 6.04 Å². The van der Waals surface area contributed by atoms with E-state index in [1.807, 2.05) is 17.8 Å². The molecule has 0 aliphatic rings. The van der Waals surface area contributed by atoms with Crippen molar-refractivity contribution in [3.05, 3.63) is 41.2 Å². The van der Waals surface area contributed by atoms with Crippen LogP contribution in [0.1, 0.15) is 30.8 Å². The maximum absolute atomic E-state index is 6.19. The molecule has 0 fully saturated rings. The highest BCUT2D eigenvalue weighted by Crippen LogP contribution is 2.23. The number of aryl methyl sites for hydroxylation is 1. The SMILES string of the molecule is CCCn1ncnc1CC(NC)c1ccncc1Cl. The van der Waals surface area contributed by atoms with Gasteiger partial charge in [-0.25, -0.2) is 4.98 Å². The monoisotopic (exact) mass is 279 g/mol. The Balaban J connectivity index is 2.19. The minimum Gasteiger partial charge on any atom is -0.313 e. The van der Waals surface area contributed by atoms with E-state index in [2.05, 4.69) is 27.3 Å². The molecule has 0 saturated carbocycles. The molecule has 2 aromatic heterocycles. The van der Waals surface area contributed by atoms with Gasteiger partial charge in [-0.1, -0.05) is 18.5 Å². The van der Waals surface area contributed by atoms with E-state index in [1.165, 1.54) is 0 Å².